The number of amides is 1. The Morgan fingerprint density at radius 3 is 2.55 bits per heavy atom. The maximum atomic E-state index is 12.4. The van der Waals surface area contributed by atoms with Gasteiger partial charge >= 0.3 is 12.1 Å². The number of halogens is 3. The van der Waals surface area contributed by atoms with E-state index >= 15 is 0 Å². The molecule has 1 amide bonds. The van der Waals surface area contributed by atoms with Crippen LogP contribution in [0.25, 0.3) is 11.4 Å². The maximum Gasteiger partial charge on any atom is 0.471 e. The highest BCUT2D eigenvalue weighted by Gasteiger charge is 2.38. The van der Waals surface area contributed by atoms with Crippen LogP contribution in [0, 0.1) is 0 Å². The lowest BCUT2D eigenvalue weighted by atomic mass is 10.1. The van der Waals surface area contributed by atoms with Crippen molar-refractivity contribution in [3.05, 3.63) is 35.7 Å². The number of aromatic nitrogens is 2. The van der Waals surface area contributed by atoms with Crippen molar-refractivity contribution in [2.24, 2.45) is 0 Å². The summed E-state index contributed by atoms with van der Waals surface area (Å²) in [5, 5.41) is 5.91. The Balaban J connectivity index is 2.03. The lowest BCUT2D eigenvalue weighted by Crippen LogP contribution is -2.26. The molecule has 0 unspecified atom stereocenters. The Hall–Kier alpha value is -2.42. The first-order valence-corrected chi connectivity index (χ1v) is 6.16. The van der Waals surface area contributed by atoms with Crippen LogP contribution in [-0.4, -0.2) is 29.8 Å². The molecule has 1 aromatic carbocycles. The van der Waals surface area contributed by atoms with Crippen LogP contribution in [-0.2, 0) is 22.3 Å². The molecule has 0 bridgehead atoms. The van der Waals surface area contributed by atoms with E-state index in [1.54, 1.807) is 24.3 Å². The van der Waals surface area contributed by atoms with E-state index in [0.717, 1.165) is 5.56 Å². The van der Waals surface area contributed by atoms with Gasteiger partial charge in [-0.25, -0.2) is 0 Å². The van der Waals surface area contributed by atoms with Gasteiger partial charge in [0.15, 0.2) is 0 Å². The van der Waals surface area contributed by atoms with Crippen molar-refractivity contribution < 1.29 is 27.2 Å². The fraction of sp³-hybridized carbons (Fsp3) is 0.308. The second-order valence-electron chi connectivity index (χ2n) is 4.33. The van der Waals surface area contributed by atoms with Gasteiger partial charge in [-0.05, 0) is 5.56 Å². The van der Waals surface area contributed by atoms with Gasteiger partial charge in [0, 0.05) is 19.2 Å². The van der Waals surface area contributed by atoms with Gasteiger partial charge in [-0.15, -0.1) is 0 Å². The SMILES string of the molecule is COCC(=O)NCc1ccc(-c2noc(C(F)(F)F)n2)cc1. The summed E-state index contributed by atoms with van der Waals surface area (Å²) in [4.78, 5) is 14.5. The standard InChI is InChI=1S/C13H12F3N3O3/c1-21-7-10(20)17-6-8-2-4-9(5-3-8)11-18-12(22-19-11)13(14,15)16/h2-5H,6-7H2,1H3,(H,17,20). The van der Waals surface area contributed by atoms with Crippen LogP contribution in [0.1, 0.15) is 11.5 Å². The summed E-state index contributed by atoms with van der Waals surface area (Å²) < 4.78 is 46.0. The molecule has 0 spiro atoms. The first-order chi connectivity index (χ1) is 10.4. The van der Waals surface area contributed by atoms with Gasteiger partial charge in [-0.2, -0.15) is 18.2 Å². The average molecular weight is 315 g/mol. The first kappa shape index (κ1) is 16.0. The summed E-state index contributed by atoms with van der Waals surface area (Å²) in [7, 11) is 1.41. The molecule has 0 atom stereocenters. The van der Waals surface area contributed by atoms with E-state index < -0.39 is 12.1 Å². The van der Waals surface area contributed by atoms with Gasteiger partial charge in [0.1, 0.15) is 6.61 Å². The molecule has 1 aromatic heterocycles. The minimum Gasteiger partial charge on any atom is -0.375 e. The molecule has 0 fully saturated rings. The van der Waals surface area contributed by atoms with Crippen molar-refractivity contribution >= 4 is 5.91 Å². The number of hydrogen-bond acceptors (Lipinski definition) is 5. The number of nitrogens with one attached hydrogen (secondary N) is 1. The van der Waals surface area contributed by atoms with Crippen molar-refractivity contribution in [1.29, 1.82) is 0 Å². The van der Waals surface area contributed by atoms with E-state index in [4.69, 9.17) is 0 Å². The zero-order valence-electron chi connectivity index (χ0n) is 11.5. The lowest BCUT2D eigenvalue weighted by Gasteiger charge is -2.05. The van der Waals surface area contributed by atoms with E-state index in [-0.39, 0.29) is 24.9 Å². The fourth-order valence-electron chi connectivity index (χ4n) is 1.61. The van der Waals surface area contributed by atoms with Crippen LogP contribution in [0.4, 0.5) is 13.2 Å². The highest BCUT2D eigenvalue weighted by Crippen LogP contribution is 2.29. The topological polar surface area (TPSA) is 77.2 Å². The van der Waals surface area contributed by atoms with E-state index in [0.29, 0.717) is 5.56 Å². The third-order valence-corrected chi connectivity index (χ3v) is 2.65. The first-order valence-electron chi connectivity index (χ1n) is 6.16. The zero-order chi connectivity index (χ0) is 16.2. The molecule has 2 aromatic rings. The molecule has 0 radical (unpaired) electrons. The number of benzene rings is 1. The van der Waals surface area contributed by atoms with Crippen molar-refractivity contribution in [2.45, 2.75) is 12.7 Å². The molecule has 0 saturated carbocycles. The van der Waals surface area contributed by atoms with E-state index in [1.807, 2.05) is 0 Å². The average Bonchev–Trinajstić information content (AvgIpc) is 2.96. The summed E-state index contributed by atoms with van der Waals surface area (Å²) in [6.07, 6.45) is -4.67. The normalized spacial score (nSPS) is 11.5. The highest BCUT2D eigenvalue weighted by molar-refractivity contribution is 5.77. The summed E-state index contributed by atoms with van der Waals surface area (Å²) in [5.74, 6) is -1.81. The molecule has 0 aliphatic rings. The number of nitrogens with zero attached hydrogens (tertiary/aromatic N) is 2. The Morgan fingerprint density at radius 1 is 1.32 bits per heavy atom. The van der Waals surface area contributed by atoms with Crippen LogP contribution >= 0.6 is 0 Å². The van der Waals surface area contributed by atoms with Crippen LogP contribution in [0.5, 0.6) is 0 Å². The van der Waals surface area contributed by atoms with Gasteiger partial charge < -0.3 is 14.6 Å². The Bertz CT molecular complexity index is 638. The molecule has 2 rings (SSSR count). The lowest BCUT2D eigenvalue weighted by molar-refractivity contribution is -0.159. The van der Waals surface area contributed by atoms with Crippen molar-refractivity contribution in [2.75, 3.05) is 13.7 Å². The number of carbonyl (C=O) groups excluding carboxylic acids is 1. The third-order valence-electron chi connectivity index (χ3n) is 2.65. The molecule has 22 heavy (non-hydrogen) atoms. The molecule has 6 nitrogen and oxygen atoms in total. The van der Waals surface area contributed by atoms with Gasteiger partial charge in [-0.3, -0.25) is 4.79 Å². The monoisotopic (exact) mass is 315 g/mol. The second-order valence-corrected chi connectivity index (χ2v) is 4.33. The number of carbonyl (C=O) groups is 1. The number of alkyl halides is 3. The largest absolute Gasteiger partial charge is 0.471 e. The Kier molecular flexibility index (Phi) is 4.76. The molecule has 1 heterocycles. The smallest absolute Gasteiger partial charge is 0.375 e. The number of methoxy groups -OCH3 is 1. The van der Waals surface area contributed by atoms with Gasteiger partial charge in [-0.1, -0.05) is 29.4 Å². The molecule has 1 N–H and O–H groups in total. The quantitative estimate of drug-likeness (QED) is 0.913. The summed E-state index contributed by atoms with van der Waals surface area (Å²) >= 11 is 0. The molecular weight excluding hydrogens is 303 g/mol. The van der Waals surface area contributed by atoms with Gasteiger partial charge in [0.2, 0.25) is 11.7 Å². The van der Waals surface area contributed by atoms with E-state index in [2.05, 4.69) is 24.7 Å². The Morgan fingerprint density at radius 2 is 2.00 bits per heavy atom. The summed E-state index contributed by atoms with van der Waals surface area (Å²) in [6, 6.07) is 6.38. The van der Waals surface area contributed by atoms with E-state index in [1.165, 1.54) is 7.11 Å². The zero-order valence-corrected chi connectivity index (χ0v) is 11.5. The molecule has 0 aliphatic heterocycles. The van der Waals surface area contributed by atoms with Crippen molar-refractivity contribution in [3.8, 4) is 11.4 Å². The van der Waals surface area contributed by atoms with Gasteiger partial charge in [0.25, 0.3) is 0 Å². The summed E-state index contributed by atoms with van der Waals surface area (Å²) in [6.45, 7) is 0.240. The molecule has 0 saturated heterocycles. The van der Waals surface area contributed by atoms with Gasteiger partial charge in [0.05, 0.1) is 0 Å². The predicted molar refractivity (Wildman–Crippen MR) is 68.5 cm³/mol. The molecule has 118 valence electrons. The highest BCUT2D eigenvalue weighted by atomic mass is 19.4. The number of hydrogen-bond donors (Lipinski definition) is 1. The minimum atomic E-state index is -4.67. The molecule has 0 aliphatic carbocycles. The fourth-order valence-corrected chi connectivity index (χ4v) is 1.61. The second kappa shape index (κ2) is 6.56. The van der Waals surface area contributed by atoms with Crippen molar-refractivity contribution in [3.63, 3.8) is 0 Å². The van der Waals surface area contributed by atoms with Crippen LogP contribution < -0.4 is 5.32 Å². The number of ether oxygens (including phenoxy) is 1. The number of rotatable bonds is 5. The molecular formula is C13H12F3N3O3. The maximum absolute atomic E-state index is 12.4. The Labute approximate surface area is 123 Å². The predicted octanol–water partition coefficient (Wildman–Crippen LogP) is 2.02. The van der Waals surface area contributed by atoms with Crippen LogP contribution in [0.2, 0.25) is 0 Å². The van der Waals surface area contributed by atoms with Crippen LogP contribution in [0.3, 0.4) is 0 Å². The minimum absolute atomic E-state index is 0.0405. The molecule has 9 heteroatoms. The van der Waals surface area contributed by atoms with Crippen molar-refractivity contribution in [1.82, 2.24) is 15.5 Å². The summed E-state index contributed by atoms with van der Waals surface area (Å²) in [5.41, 5.74) is 1.15. The third kappa shape index (κ3) is 4.04. The van der Waals surface area contributed by atoms with E-state index in [9.17, 15) is 18.0 Å². The van der Waals surface area contributed by atoms with Crippen LogP contribution in [0.15, 0.2) is 28.8 Å².